The lowest BCUT2D eigenvalue weighted by atomic mass is 9.81. The highest BCUT2D eigenvalue weighted by Crippen LogP contribution is 1.44. The molecule has 0 aromatic rings. The predicted molar refractivity (Wildman–Crippen MR) is 35.4 cm³/mol. The Balaban J connectivity index is -0.0000000225. The van der Waals surface area contributed by atoms with E-state index >= 15 is 0 Å². The third kappa shape index (κ3) is 90.7. The molecular weight excluding hydrogens is 116 g/mol. The molecule has 0 aliphatic carbocycles. The lowest BCUT2D eigenvalue weighted by Gasteiger charge is -1.21. The molecule has 0 spiro atoms. The second kappa shape index (κ2) is 172. The maximum absolute atomic E-state index is 6.92. The summed E-state index contributed by atoms with van der Waals surface area (Å²) in [5.74, 6) is 0. The zero-order valence-electron chi connectivity index (χ0n) is 3.20. The van der Waals surface area contributed by atoms with Crippen LogP contribution in [0.4, 0.5) is 0 Å². The van der Waals surface area contributed by atoms with Gasteiger partial charge in [0.05, 0.1) is 0 Å². The van der Waals surface area contributed by atoms with E-state index in [0.717, 1.165) is 0 Å². The van der Waals surface area contributed by atoms with Gasteiger partial charge in [-0.3, -0.25) is 0 Å². The van der Waals surface area contributed by atoms with Crippen molar-refractivity contribution in [2.24, 2.45) is 0 Å². The first-order valence-electron chi connectivity index (χ1n) is 0.850. The third-order valence-corrected chi connectivity index (χ3v) is 0. The van der Waals surface area contributed by atoms with Crippen LogP contribution in [0.5, 0.6) is 0 Å². The SMILES string of the molecule is OP.OP.[B][B]. The minimum atomic E-state index is 1.42. The van der Waals surface area contributed by atoms with Crippen LogP contribution >= 0.6 is 18.9 Å². The van der Waals surface area contributed by atoms with Crippen LogP contribution in [0.1, 0.15) is 0 Å². The van der Waals surface area contributed by atoms with Crippen LogP contribution in [0, 0.1) is 0 Å². The molecule has 0 fully saturated rings. The molecule has 0 aromatic heterocycles. The summed E-state index contributed by atoms with van der Waals surface area (Å²) in [6.07, 6.45) is 0. The van der Waals surface area contributed by atoms with E-state index in [9.17, 15) is 0 Å². The van der Waals surface area contributed by atoms with E-state index in [0.29, 0.717) is 0 Å². The summed E-state index contributed by atoms with van der Waals surface area (Å²) in [6.45, 7) is 0. The first-order chi connectivity index (χ1) is 3.00. The van der Waals surface area contributed by atoms with Gasteiger partial charge < -0.3 is 9.79 Å². The monoisotopic (exact) mass is 122 g/mol. The van der Waals surface area contributed by atoms with Gasteiger partial charge in [-0.05, 0) is 18.9 Å². The minimum absolute atomic E-state index is 1.42. The Kier molecular flexibility index (Phi) is 453. The van der Waals surface area contributed by atoms with Gasteiger partial charge in [0.2, 0.25) is 0 Å². The molecule has 0 amide bonds. The quantitative estimate of drug-likeness (QED) is 0.312. The fourth-order valence-electron chi connectivity index (χ4n) is 0. The van der Waals surface area contributed by atoms with Crippen molar-refractivity contribution in [2.75, 3.05) is 0 Å². The largest absolute Gasteiger partial charge is 0.380 e. The Labute approximate surface area is 45.1 Å². The second-order valence-electron chi connectivity index (χ2n) is 0. The van der Waals surface area contributed by atoms with E-state index in [1.54, 1.807) is 0 Å². The molecular formula is H6B2O2P2. The molecule has 0 rings (SSSR count). The van der Waals surface area contributed by atoms with Gasteiger partial charge in [0.1, 0.15) is 0 Å². The maximum Gasteiger partial charge on any atom is 0 e. The van der Waals surface area contributed by atoms with Crippen molar-refractivity contribution in [3.8, 4) is 0 Å². The van der Waals surface area contributed by atoms with E-state index in [1.807, 2.05) is 0 Å². The molecule has 34 valence electrons. The Morgan fingerprint density at radius 1 is 0.833 bits per heavy atom. The lowest BCUT2D eigenvalue weighted by Crippen LogP contribution is -1.38. The molecule has 0 saturated heterocycles. The van der Waals surface area contributed by atoms with Crippen molar-refractivity contribution in [1.29, 1.82) is 0 Å². The molecule has 4 radical (unpaired) electrons. The summed E-state index contributed by atoms with van der Waals surface area (Å²) in [7, 11) is 10.8. The summed E-state index contributed by atoms with van der Waals surface area (Å²) < 4.78 is 0. The topological polar surface area (TPSA) is 40.5 Å². The number of rotatable bonds is 0. The molecule has 6 heavy (non-hydrogen) atoms. The lowest BCUT2D eigenvalue weighted by molar-refractivity contribution is 0.663. The highest BCUT2D eigenvalue weighted by Gasteiger charge is 1.00. The first kappa shape index (κ1) is 15.8. The normalized spacial score (nSPS) is 2.67. The van der Waals surface area contributed by atoms with Crippen LogP contribution in [-0.4, -0.2) is 25.3 Å². The van der Waals surface area contributed by atoms with Crippen LogP contribution in [-0.2, 0) is 0 Å². The third-order valence-electron chi connectivity index (χ3n) is 0. The summed E-state index contributed by atoms with van der Waals surface area (Å²) >= 11 is 0. The molecule has 0 heterocycles. The summed E-state index contributed by atoms with van der Waals surface area (Å²) in [5.41, 5.74) is 0. The van der Waals surface area contributed by atoms with Crippen LogP contribution in [0.25, 0.3) is 0 Å². The molecule has 0 aromatic carbocycles. The zero-order valence-corrected chi connectivity index (χ0v) is 5.51. The predicted octanol–water partition coefficient (Wildman–Crippen LogP) is -1.22. The fraction of sp³-hybridized carbons (Fsp3) is 0. The van der Waals surface area contributed by atoms with Crippen molar-refractivity contribution in [1.82, 2.24) is 0 Å². The molecule has 2 atom stereocenters. The van der Waals surface area contributed by atoms with E-state index in [-0.39, 0.29) is 0 Å². The number of hydrogen-bond acceptors (Lipinski definition) is 2. The molecule has 2 unspecified atom stereocenters. The van der Waals surface area contributed by atoms with Gasteiger partial charge >= 0.3 is 0 Å². The van der Waals surface area contributed by atoms with Gasteiger partial charge in [0.25, 0.3) is 0 Å². The molecule has 0 aliphatic rings. The standard InChI is InChI=1S/B2.2H3OP/c3*1-2/h;2*1H,2H2. The molecule has 0 saturated carbocycles. The minimum Gasteiger partial charge on any atom is -0.380 e. The van der Waals surface area contributed by atoms with Gasteiger partial charge in [-0.2, -0.15) is 0 Å². The van der Waals surface area contributed by atoms with Gasteiger partial charge in [0.15, 0.2) is 0 Å². The van der Waals surface area contributed by atoms with Gasteiger partial charge in [-0.25, -0.2) is 0 Å². The van der Waals surface area contributed by atoms with Crippen LogP contribution < -0.4 is 0 Å². The van der Waals surface area contributed by atoms with E-state index in [1.165, 1.54) is 18.9 Å². The fourth-order valence-corrected chi connectivity index (χ4v) is 0. The Morgan fingerprint density at radius 2 is 0.833 bits per heavy atom. The zero-order chi connectivity index (χ0) is 6.00. The number of hydrogen-bond donors (Lipinski definition) is 2. The van der Waals surface area contributed by atoms with Gasteiger partial charge in [0, 0.05) is 15.5 Å². The van der Waals surface area contributed by atoms with E-state index < -0.39 is 0 Å². The maximum atomic E-state index is 6.92. The van der Waals surface area contributed by atoms with Gasteiger partial charge in [-0.1, -0.05) is 0 Å². The first-order valence-corrected chi connectivity index (χ1v) is 1.88. The average Bonchev–Trinajstić information content (AvgIpc) is 1.81. The van der Waals surface area contributed by atoms with Crippen molar-refractivity contribution in [3.05, 3.63) is 0 Å². The smallest absolute Gasteiger partial charge is 0 e. The summed E-state index contributed by atoms with van der Waals surface area (Å²) in [6, 6.07) is 0. The highest BCUT2D eigenvalue weighted by atomic mass is 31.0. The van der Waals surface area contributed by atoms with Crippen LogP contribution in [0.2, 0.25) is 0 Å². The van der Waals surface area contributed by atoms with Crippen molar-refractivity contribution in [2.45, 2.75) is 0 Å². The highest BCUT2D eigenvalue weighted by molar-refractivity contribution is 7.08. The molecule has 2 nitrogen and oxygen atoms in total. The van der Waals surface area contributed by atoms with E-state index in [2.05, 4.69) is 15.5 Å². The van der Waals surface area contributed by atoms with Crippen LogP contribution in [0.3, 0.4) is 0 Å². The van der Waals surface area contributed by atoms with Gasteiger partial charge in [-0.15, -0.1) is 0 Å². The summed E-state index contributed by atoms with van der Waals surface area (Å²) in [5, 5.41) is 0. The Morgan fingerprint density at radius 3 is 0.833 bits per heavy atom. The molecule has 0 aliphatic heterocycles. The Bertz CT molecular complexity index is 9.51. The van der Waals surface area contributed by atoms with E-state index in [4.69, 9.17) is 9.79 Å². The van der Waals surface area contributed by atoms with Crippen molar-refractivity contribution < 1.29 is 9.79 Å². The summed E-state index contributed by atoms with van der Waals surface area (Å²) in [4.78, 5) is 13.8. The van der Waals surface area contributed by atoms with Crippen molar-refractivity contribution >= 4 is 34.4 Å². The molecule has 2 N–H and O–H groups in total. The average molecular weight is 122 g/mol. The van der Waals surface area contributed by atoms with Crippen LogP contribution in [0.15, 0.2) is 0 Å². The molecule has 0 bridgehead atoms. The molecule has 6 heteroatoms. The van der Waals surface area contributed by atoms with Crippen molar-refractivity contribution in [3.63, 3.8) is 0 Å². The Hall–Kier alpha value is 0.910. The second-order valence-corrected chi connectivity index (χ2v) is 0.